The number of aromatic nitrogens is 3. The highest BCUT2D eigenvalue weighted by atomic mass is 32.2. The van der Waals surface area contributed by atoms with Gasteiger partial charge in [-0.05, 0) is 19.1 Å². The van der Waals surface area contributed by atoms with Crippen LogP contribution in [-0.4, -0.2) is 33.0 Å². The molecule has 0 bridgehead atoms. The van der Waals surface area contributed by atoms with Crippen molar-refractivity contribution in [1.82, 2.24) is 20.1 Å². The van der Waals surface area contributed by atoms with Crippen LogP contribution in [0.5, 0.6) is 0 Å². The van der Waals surface area contributed by atoms with Crippen LogP contribution in [0.4, 0.5) is 0 Å². The number of carbonyl (C=O) groups excluding carboxylic acids is 1. The van der Waals surface area contributed by atoms with E-state index in [1.165, 1.54) is 17.3 Å². The molecule has 1 amide bonds. The molecular formula is C20H18N4OS. The number of aryl methyl sites for hydroxylation is 1. The molecule has 1 aromatic heterocycles. The molecule has 130 valence electrons. The summed E-state index contributed by atoms with van der Waals surface area (Å²) in [6, 6.07) is 18.0. The van der Waals surface area contributed by atoms with Gasteiger partial charge in [-0.25, -0.2) is 0 Å². The number of hydrogen-bond donors (Lipinski definition) is 1. The van der Waals surface area contributed by atoms with Gasteiger partial charge in [-0.1, -0.05) is 65.7 Å². The molecule has 0 fully saturated rings. The first-order chi connectivity index (χ1) is 12.7. The molecule has 6 heteroatoms. The Kier molecular flexibility index (Phi) is 5.72. The number of rotatable bonds is 6. The first-order valence-corrected chi connectivity index (χ1v) is 9.08. The molecule has 0 aliphatic rings. The van der Waals surface area contributed by atoms with E-state index in [9.17, 15) is 4.79 Å². The number of terminal acetylenes is 1. The molecule has 0 spiro atoms. The van der Waals surface area contributed by atoms with Crippen LogP contribution in [0.2, 0.25) is 0 Å². The summed E-state index contributed by atoms with van der Waals surface area (Å²) in [6.45, 7) is 2.26. The average molecular weight is 362 g/mol. The third-order valence-corrected chi connectivity index (χ3v) is 4.61. The molecule has 0 aliphatic heterocycles. The molecule has 26 heavy (non-hydrogen) atoms. The summed E-state index contributed by atoms with van der Waals surface area (Å²) in [5, 5.41) is 12.0. The summed E-state index contributed by atoms with van der Waals surface area (Å²) in [4.78, 5) is 11.9. The van der Waals surface area contributed by atoms with E-state index in [0.29, 0.717) is 5.16 Å². The topological polar surface area (TPSA) is 59.8 Å². The number of nitrogens with one attached hydrogen (secondary N) is 1. The molecule has 0 atom stereocenters. The fourth-order valence-corrected chi connectivity index (χ4v) is 3.18. The van der Waals surface area contributed by atoms with Gasteiger partial charge in [-0.3, -0.25) is 9.36 Å². The zero-order chi connectivity index (χ0) is 18.4. The van der Waals surface area contributed by atoms with Crippen molar-refractivity contribution in [2.24, 2.45) is 0 Å². The first-order valence-electron chi connectivity index (χ1n) is 8.10. The Morgan fingerprint density at radius 2 is 1.88 bits per heavy atom. The quantitative estimate of drug-likeness (QED) is 0.541. The lowest BCUT2D eigenvalue weighted by Crippen LogP contribution is -2.25. The number of thioether (sulfide) groups is 1. The van der Waals surface area contributed by atoms with E-state index >= 15 is 0 Å². The van der Waals surface area contributed by atoms with Gasteiger partial charge >= 0.3 is 0 Å². The van der Waals surface area contributed by atoms with Crippen LogP contribution in [0, 0.1) is 19.3 Å². The van der Waals surface area contributed by atoms with E-state index in [-0.39, 0.29) is 18.2 Å². The van der Waals surface area contributed by atoms with Crippen molar-refractivity contribution in [3.05, 3.63) is 60.2 Å². The summed E-state index contributed by atoms with van der Waals surface area (Å²) in [5.41, 5.74) is 3.08. The molecule has 1 N–H and O–H groups in total. The molecule has 5 nitrogen and oxygen atoms in total. The van der Waals surface area contributed by atoms with Crippen LogP contribution in [0.25, 0.3) is 17.1 Å². The minimum absolute atomic E-state index is 0.132. The summed E-state index contributed by atoms with van der Waals surface area (Å²) in [7, 11) is 0. The Hall–Kier alpha value is -3.04. The van der Waals surface area contributed by atoms with Crippen molar-refractivity contribution in [2.75, 3.05) is 12.3 Å². The van der Waals surface area contributed by atoms with Gasteiger partial charge in [0.2, 0.25) is 5.91 Å². The fraction of sp³-hybridized carbons (Fsp3) is 0.150. The smallest absolute Gasteiger partial charge is 0.231 e. The molecule has 0 saturated heterocycles. The van der Waals surface area contributed by atoms with Gasteiger partial charge in [0.05, 0.1) is 12.3 Å². The van der Waals surface area contributed by atoms with Crippen molar-refractivity contribution in [3.63, 3.8) is 0 Å². The van der Waals surface area contributed by atoms with E-state index in [2.05, 4.69) is 21.4 Å². The standard InChI is InChI=1S/C20H18N4OS/c1-3-13-21-18(25)14-26-20-23-22-19(16-7-5-4-6-8-16)24(20)17-11-9-15(2)10-12-17/h1,4-12H,13-14H2,2H3,(H,21,25). The zero-order valence-corrected chi connectivity index (χ0v) is 15.2. The second kappa shape index (κ2) is 8.37. The second-order valence-electron chi connectivity index (χ2n) is 5.61. The van der Waals surface area contributed by atoms with Gasteiger partial charge < -0.3 is 5.32 Å². The monoisotopic (exact) mass is 362 g/mol. The molecule has 0 radical (unpaired) electrons. The van der Waals surface area contributed by atoms with Crippen LogP contribution in [0.1, 0.15) is 5.56 Å². The number of nitrogens with zero attached hydrogens (tertiary/aromatic N) is 3. The summed E-state index contributed by atoms with van der Waals surface area (Å²) in [6.07, 6.45) is 5.17. The number of carbonyl (C=O) groups is 1. The molecular weight excluding hydrogens is 344 g/mol. The Balaban J connectivity index is 1.94. The molecule has 0 unspecified atom stereocenters. The maximum atomic E-state index is 11.9. The highest BCUT2D eigenvalue weighted by Crippen LogP contribution is 2.27. The van der Waals surface area contributed by atoms with Crippen LogP contribution >= 0.6 is 11.8 Å². The lowest BCUT2D eigenvalue weighted by molar-refractivity contribution is -0.118. The van der Waals surface area contributed by atoms with E-state index in [4.69, 9.17) is 6.42 Å². The van der Waals surface area contributed by atoms with Gasteiger partial charge in [-0.2, -0.15) is 0 Å². The molecule has 3 rings (SSSR count). The minimum atomic E-state index is -0.132. The van der Waals surface area contributed by atoms with Crippen LogP contribution < -0.4 is 5.32 Å². The van der Waals surface area contributed by atoms with Crippen molar-refractivity contribution in [2.45, 2.75) is 12.1 Å². The molecule has 0 saturated carbocycles. The van der Waals surface area contributed by atoms with Gasteiger partial charge in [0.1, 0.15) is 0 Å². The van der Waals surface area contributed by atoms with Crippen LogP contribution in [-0.2, 0) is 4.79 Å². The Labute approximate surface area is 156 Å². The van der Waals surface area contributed by atoms with Gasteiger partial charge in [0.15, 0.2) is 11.0 Å². The van der Waals surface area contributed by atoms with Gasteiger partial charge in [-0.15, -0.1) is 16.6 Å². The zero-order valence-electron chi connectivity index (χ0n) is 14.3. The van der Waals surface area contributed by atoms with Crippen molar-refractivity contribution in [3.8, 4) is 29.4 Å². The Morgan fingerprint density at radius 1 is 1.15 bits per heavy atom. The Morgan fingerprint density at radius 3 is 2.58 bits per heavy atom. The third-order valence-electron chi connectivity index (χ3n) is 3.68. The van der Waals surface area contributed by atoms with Crippen LogP contribution in [0.15, 0.2) is 59.8 Å². The van der Waals surface area contributed by atoms with Gasteiger partial charge in [0, 0.05) is 11.3 Å². The normalized spacial score (nSPS) is 10.3. The summed E-state index contributed by atoms with van der Waals surface area (Å²) < 4.78 is 1.97. The van der Waals surface area contributed by atoms with Crippen molar-refractivity contribution < 1.29 is 4.79 Å². The minimum Gasteiger partial charge on any atom is -0.344 e. The maximum Gasteiger partial charge on any atom is 0.231 e. The molecule has 1 heterocycles. The lowest BCUT2D eigenvalue weighted by atomic mass is 10.2. The fourth-order valence-electron chi connectivity index (χ4n) is 2.39. The third kappa shape index (κ3) is 4.13. The summed E-state index contributed by atoms with van der Waals surface area (Å²) in [5.74, 6) is 3.22. The number of amides is 1. The van der Waals surface area contributed by atoms with Crippen LogP contribution in [0.3, 0.4) is 0 Å². The SMILES string of the molecule is C#CCNC(=O)CSc1nnc(-c2ccccc2)n1-c1ccc(C)cc1. The Bertz CT molecular complexity index is 927. The molecule has 0 aliphatic carbocycles. The summed E-state index contributed by atoms with van der Waals surface area (Å²) >= 11 is 1.33. The van der Waals surface area contributed by atoms with E-state index in [0.717, 1.165) is 17.1 Å². The molecule has 2 aromatic carbocycles. The predicted octanol–water partition coefficient (Wildman–Crippen LogP) is 3.08. The van der Waals surface area contributed by atoms with Crippen molar-refractivity contribution >= 4 is 17.7 Å². The maximum absolute atomic E-state index is 11.9. The second-order valence-corrected chi connectivity index (χ2v) is 6.56. The number of hydrogen-bond acceptors (Lipinski definition) is 4. The van der Waals surface area contributed by atoms with E-state index in [1.807, 2.05) is 66.1 Å². The highest BCUT2D eigenvalue weighted by molar-refractivity contribution is 7.99. The van der Waals surface area contributed by atoms with Gasteiger partial charge in [0.25, 0.3) is 0 Å². The highest BCUT2D eigenvalue weighted by Gasteiger charge is 2.17. The number of benzene rings is 2. The van der Waals surface area contributed by atoms with E-state index < -0.39 is 0 Å². The lowest BCUT2D eigenvalue weighted by Gasteiger charge is -2.10. The van der Waals surface area contributed by atoms with Crippen molar-refractivity contribution in [1.29, 1.82) is 0 Å². The predicted molar refractivity (Wildman–Crippen MR) is 104 cm³/mol. The largest absolute Gasteiger partial charge is 0.344 e. The molecule has 3 aromatic rings. The average Bonchev–Trinajstić information content (AvgIpc) is 3.10. The first kappa shape index (κ1) is 17.8. The van der Waals surface area contributed by atoms with E-state index in [1.54, 1.807) is 0 Å².